The highest BCUT2D eigenvalue weighted by Crippen LogP contribution is 2.40. The number of rotatable bonds is 3. The van der Waals surface area contributed by atoms with E-state index in [1.54, 1.807) is 14.0 Å². The van der Waals surface area contributed by atoms with Crippen LogP contribution in [-0.4, -0.2) is 25.1 Å². The van der Waals surface area contributed by atoms with Crippen molar-refractivity contribution >= 4 is 5.78 Å². The van der Waals surface area contributed by atoms with E-state index >= 15 is 0 Å². The van der Waals surface area contributed by atoms with E-state index in [4.69, 9.17) is 9.47 Å². The standard InChI is InChI=1S/C14H20O.C9H12O.C4H8O/c1-13(2)11-14(3,9-10-15-13)12-7-5-4-6-8-12;1-7-4-5-8(2)9(6-7)10-3;1-3-4(2)5/h4-8H,9-11H2,1-3H3;4-6H,1-3H3;3H2,1-2H3. The molecular weight excluding hydrogens is 372 g/mol. The van der Waals surface area contributed by atoms with Gasteiger partial charge in [-0.3, -0.25) is 0 Å². The number of ether oxygens (including phenoxy) is 2. The lowest BCUT2D eigenvalue weighted by molar-refractivity contribution is -0.116. The molecule has 0 radical (unpaired) electrons. The van der Waals surface area contributed by atoms with Gasteiger partial charge in [0, 0.05) is 13.0 Å². The summed E-state index contributed by atoms with van der Waals surface area (Å²) in [4.78, 5) is 9.81. The maximum atomic E-state index is 9.81. The number of Topliss-reactive ketones (excluding diaryl/α,β-unsaturated/α-hetero) is 1. The number of ketones is 1. The summed E-state index contributed by atoms with van der Waals surface area (Å²) < 4.78 is 10.9. The zero-order valence-corrected chi connectivity index (χ0v) is 20.2. The van der Waals surface area contributed by atoms with E-state index in [1.165, 1.54) is 16.7 Å². The van der Waals surface area contributed by atoms with E-state index < -0.39 is 0 Å². The molecule has 1 heterocycles. The van der Waals surface area contributed by atoms with Gasteiger partial charge in [0.1, 0.15) is 11.5 Å². The molecule has 1 unspecified atom stereocenters. The lowest BCUT2D eigenvalue weighted by Crippen LogP contribution is -2.42. The Hall–Kier alpha value is -2.13. The summed E-state index contributed by atoms with van der Waals surface area (Å²) in [5, 5.41) is 0. The summed E-state index contributed by atoms with van der Waals surface area (Å²) >= 11 is 0. The third-order valence-corrected chi connectivity index (χ3v) is 5.49. The molecule has 166 valence electrons. The summed E-state index contributed by atoms with van der Waals surface area (Å²) in [7, 11) is 1.70. The SMILES string of the molecule is CC1(C)CC(C)(c2ccccc2)CCO1.CCC(C)=O.COc1cc(C)ccc1C. The maximum absolute atomic E-state index is 9.81. The Kier molecular flexibility index (Phi) is 10.3. The topological polar surface area (TPSA) is 35.5 Å². The Labute approximate surface area is 183 Å². The van der Waals surface area contributed by atoms with Gasteiger partial charge in [0.25, 0.3) is 0 Å². The molecular formula is C27H40O3. The van der Waals surface area contributed by atoms with Crippen LogP contribution >= 0.6 is 0 Å². The van der Waals surface area contributed by atoms with Crippen LogP contribution in [0.15, 0.2) is 48.5 Å². The summed E-state index contributed by atoms with van der Waals surface area (Å²) in [6.07, 6.45) is 2.89. The normalized spacial score (nSPS) is 19.5. The van der Waals surface area contributed by atoms with Crippen molar-refractivity contribution in [2.45, 2.75) is 78.7 Å². The van der Waals surface area contributed by atoms with E-state index in [2.05, 4.69) is 70.2 Å². The van der Waals surface area contributed by atoms with Crippen molar-refractivity contribution in [2.75, 3.05) is 13.7 Å². The lowest BCUT2D eigenvalue weighted by atomic mass is 9.71. The van der Waals surface area contributed by atoms with Crippen molar-refractivity contribution in [1.29, 1.82) is 0 Å². The molecule has 30 heavy (non-hydrogen) atoms. The molecule has 1 fully saturated rings. The highest BCUT2D eigenvalue weighted by atomic mass is 16.5. The van der Waals surface area contributed by atoms with Gasteiger partial charge < -0.3 is 14.3 Å². The highest BCUT2D eigenvalue weighted by Gasteiger charge is 2.38. The second-order valence-corrected chi connectivity index (χ2v) is 8.99. The molecule has 0 bridgehead atoms. The predicted molar refractivity (Wildman–Crippen MR) is 126 cm³/mol. The Balaban J connectivity index is 0.000000259. The zero-order chi connectivity index (χ0) is 22.8. The summed E-state index contributed by atoms with van der Waals surface area (Å²) in [6.45, 7) is 15.1. The molecule has 1 aliphatic heterocycles. The van der Waals surface area contributed by atoms with Crippen LogP contribution in [0.25, 0.3) is 0 Å². The Morgan fingerprint density at radius 3 is 2.13 bits per heavy atom. The van der Waals surface area contributed by atoms with E-state index in [1.807, 2.05) is 19.9 Å². The number of carbonyl (C=O) groups excluding carboxylic acids is 1. The van der Waals surface area contributed by atoms with Gasteiger partial charge in [0.15, 0.2) is 0 Å². The molecule has 2 aromatic rings. The first kappa shape index (κ1) is 25.9. The van der Waals surface area contributed by atoms with Gasteiger partial charge >= 0.3 is 0 Å². The fourth-order valence-corrected chi connectivity index (χ4v) is 3.65. The number of hydrogen-bond donors (Lipinski definition) is 0. The number of carbonyl (C=O) groups is 1. The minimum Gasteiger partial charge on any atom is -0.496 e. The van der Waals surface area contributed by atoms with Crippen LogP contribution in [0.2, 0.25) is 0 Å². The average Bonchev–Trinajstić information content (AvgIpc) is 2.70. The lowest BCUT2D eigenvalue weighted by Gasteiger charge is -2.43. The molecule has 0 saturated carbocycles. The van der Waals surface area contributed by atoms with Crippen LogP contribution in [0.4, 0.5) is 0 Å². The molecule has 0 aliphatic carbocycles. The maximum Gasteiger partial charge on any atom is 0.129 e. The second kappa shape index (κ2) is 11.9. The van der Waals surface area contributed by atoms with Gasteiger partial charge in [-0.1, -0.05) is 56.3 Å². The van der Waals surface area contributed by atoms with Gasteiger partial charge in [-0.25, -0.2) is 0 Å². The van der Waals surface area contributed by atoms with E-state index in [0.717, 1.165) is 25.2 Å². The molecule has 0 spiro atoms. The number of aryl methyl sites for hydroxylation is 2. The summed E-state index contributed by atoms with van der Waals surface area (Å²) in [5.41, 5.74) is 4.17. The van der Waals surface area contributed by atoms with Gasteiger partial charge in [-0.05, 0) is 75.6 Å². The monoisotopic (exact) mass is 412 g/mol. The second-order valence-electron chi connectivity index (χ2n) is 8.99. The fourth-order valence-electron chi connectivity index (χ4n) is 3.65. The molecule has 3 rings (SSSR count). The molecule has 3 nitrogen and oxygen atoms in total. The first-order valence-corrected chi connectivity index (χ1v) is 10.8. The van der Waals surface area contributed by atoms with Gasteiger partial charge in [-0.2, -0.15) is 0 Å². The van der Waals surface area contributed by atoms with Crippen LogP contribution in [0, 0.1) is 13.8 Å². The minimum absolute atomic E-state index is 0.0167. The van der Waals surface area contributed by atoms with Gasteiger partial charge in [0.05, 0.1) is 12.7 Å². The summed E-state index contributed by atoms with van der Waals surface area (Å²) in [5.74, 6) is 1.23. The first-order chi connectivity index (χ1) is 14.0. The van der Waals surface area contributed by atoms with Crippen molar-refractivity contribution in [3.8, 4) is 5.75 Å². The third kappa shape index (κ3) is 8.71. The fraction of sp³-hybridized carbons (Fsp3) is 0.519. The predicted octanol–water partition coefficient (Wildman–Crippen LogP) is 6.83. The van der Waals surface area contributed by atoms with Gasteiger partial charge in [-0.15, -0.1) is 0 Å². The van der Waals surface area contributed by atoms with E-state index in [9.17, 15) is 4.79 Å². The first-order valence-electron chi connectivity index (χ1n) is 10.8. The molecule has 0 aromatic heterocycles. The smallest absolute Gasteiger partial charge is 0.129 e. The van der Waals surface area contributed by atoms with E-state index in [-0.39, 0.29) is 16.8 Å². The quantitative estimate of drug-likeness (QED) is 0.554. The van der Waals surface area contributed by atoms with Crippen LogP contribution in [-0.2, 0) is 14.9 Å². The third-order valence-electron chi connectivity index (χ3n) is 5.49. The van der Waals surface area contributed by atoms with Crippen molar-refractivity contribution in [3.63, 3.8) is 0 Å². The Morgan fingerprint density at radius 2 is 1.67 bits per heavy atom. The molecule has 1 atom stereocenters. The highest BCUT2D eigenvalue weighted by molar-refractivity contribution is 5.74. The van der Waals surface area contributed by atoms with Crippen molar-refractivity contribution < 1.29 is 14.3 Å². The largest absolute Gasteiger partial charge is 0.496 e. The zero-order valence-electron chi connectivity index (χ0n) is 20.2. The molecule has 0 amide bonds. The van der Waals surface area contributed by atoms with Crippen molar-refractivity contribution in [3.05, 3.63) is 65.2 Å². The Morgan fingerprint density at radius 1 is 1.07 bits per heavy atom. The van der Waals surface area contributed by atoms with Gasteiger partial charge in [0.2, 0.25) is 0 Å². The Bertz CT molecular complexity index is 780. The molecule has 1 aliphatic rings. The van der Waals surface area contributed by atoms with Crippen LogP contribution in [0.1, 0.15) is 70.6 Å². The minimum atomic E-state index is 0.0167. The number of hydrogen-bond acceptors (Lipinski definition) is 3. The van der Waals surface area contributed by atoms with Crippen LogP contribution in [0.5, 0.6) is 5.75 Å². The average molecular weight is 413 g/mol. The van der Waals surface area contributed by atoms with Crippen molar-refractivity contribution in [1.82, 2.24) is 0 Å². The van der Waals surface area contributed by atoms with Crippen molar-refractivity contribution in [2.24, 2.45) is 0 Å². The van der Waals surface area contributed by atoms with Crippen LogP contribution < -0.4 is 4.74 Å². The molecule has 1 saturated heterocycles. The van der Waals surface area contributed by atoms with Crippen LogP contribution in [0.3, 0.4) is 0 Å². The molecule has 0 N–H and O–H groups in total. The number of methoxy groups -OCH3 is 1. The molecule has 2 aromatic carbocycles. The molecule has 3 heteroatoms. The summed E-state index contributed by atoms with van der Waals surface area (Å²) in [6, 6.07) is 17.0. The van der Waals surface area contributed by atoms with E-state index in [0.29, 0.717) is 6.42 Å². The number of benzene rings is 2.